The van der Waals surface area contributed by atoms with E-state index in [2.05, 4.69) is 0 Å². The summed E-state index contributed by atoms with van der Waals surface area (Å²) in [7, 11) is 0. The summed E-state index contributed by atoms with van der Waals surface area (Å²) in [6, 6.07) is 0. The van der Waals surface area contributed by atoms with Crippen molar-refractivity contribution in [1.29, 1.82) is 0 Å². The first-order valence-electron chi connectivity index (χ1n) is 5.93. The quantitative estimate of drug-likeness (QED) is 0.587. The lowest BCUT2D eigenvalue weighted by molar-refractivity contribution is -0.160. The molecule has 1 N–H and O–H groups in total. The third-order valence-corrected chi connectivity index (χ3v) is 2.92. The van der Waals surface area contributed by atoms with Crippen LogP contribution in [0.15, 0.2) is 0 Å². The molecule has 0 aromatic carbocycles. The van der Waals surface area contributed by atoms with Gasteiger partial charge in [0.05, 0.1) is 18.3 Å². The maximum absolute atomic E-state index is 11.5. The maximum atomic E-state index is 11.5. The zero-order valence-electron chi connectivity index (χ0n) is 10.6. The predicted molar refractivity (Wildman–Crippen MR) is 60.6 cm³/mol. The van der Waals surface area contributed by atoms with Crippen LogP contribution in [0.4, 0.5) is 0 Å². The van der Waals surface area contributed by atoms with Gasteiger partial charge in [0.15, 0.2) is 5.92 Å². The van der Waals surface area contributed by atoms with Gasteiger partial charge in [-0.1, -0.05) is 0 Å². The minimum Gasteiger partial charge on any atom is -0.481 e. The van der Waals surface area contributed by atoms with Crippen molar-refractivity contribution in [3.05, 3.63) is 0 Å². The molecule has 0 saturated carbocycles. The smallest absolute Gasteiger partial charge is 0.320 e. The fourth-order valence-electron chi connectivity index (χ4n) is 2.05. The van der Waals surface area contributed by atoms with Gasteiger partial charge in [0.1, 0.15) is 0 Å². The maximum Gasteiger partial charge on any atom is 0.320 e. The molecular formula is C12H20O5. The molecule has 5 nitrogen and oxygen atoms in total. The summed E-state index contributed by atoms with van der Waals surface area (Å²) in [4.78, 5) is 22.5. The van der Waals surface area contributed by atoms with E-state index in [-0.39, 0.29) is 24.7 Å². The Hall–Kier alpha value is -1.10. The van der Waals surface area contributed by atoms with Crippen LogP contribution in [0.3, 0.4) is 0 Å². The monoisotopic (exact) mass is 244 g/mol. The summed E-state index contributed by atoms with van der Waals surface area (Å²) in [5.74, 6) is -2.93. The standard InChI is InChI=1S/C12H20O5/c1-4-16-11(15)9(10(13)14)7-8-5-6-12(2,3)17-8/h8-9H,4-7H2,1-3H3,(H,13,14). The second-order valence-corrected chi connectivity index (χ2v) is 4.92. The number of ether oxygens (including phenoxy) is 2. The van der Waals surface area contributed by atoms with Crippen LogP contribution in [0.25, 0.3) is 0 Å². The van der Waals surface area contributed by atoms with Crippen LogP contribution in [-0.2, 0) is 19.1 Å². The number of carboxylic acids is 1. The minimum absolute atomic E-state index is 0.171. The Kier molecular flexibility index (Phi) is 4.51. The van der Waals surface area contributed by atoms with Crippen LogP contribution in [0.2, 0.25) is 0 Å². The normalized spacial score (nSPS) is 24.3. The average Bonchev–Trinajstić information content (AvgIpc) is 2.54. The number of esters is 1. The van der Waals surface area contributed by atoms with Crippen LogP contribution in [0.5, 0.6) is 0 Å². The van der Waals surface area contributed by atoms with E-state index in [0.29, 0.717) is 0 Å². The number of aliphatic carboxylic acids is 1. The molecule has 0 aliphatic carbocycles. The first-order chi connectivity index (χ1) is 7.85. The SMILES string of the molecule is CCOC(=O)C(CC1CCC(C)(C)O1)C(=O)O. The Morgan fingerprint density at radius 1 is 1.53 bits per heavy atom. The minimum atomic E-state index is -1.14. The van der Waals surface area contributed by atoms with Crippen molar-refractivity contribution >= 4 is 11.9 Å². The average molecular weight is 244 g/mol. The molecule has 0 spiro atoms. The van der Waals surface area contributed by atoms with Crippen molar-refractivity contribution in [3.8, 4) is 0 Å². The van der Waals surface area contributed by atoms with E-state index >= 15 is 0 Å². The summed E-state index contributed by atoms with van der Waals surface area (Å²) in [5.41, 5.74) is -0.220. The zero-order valence-corrected chi connectivity index (χ0v) is 10.6. The molecule has 1 saturated heterocycles. The molecule has 0 aromatic rings. The van der Waals surface area contributed by atoms with Crippen LogP contribution in [-0.4, -0.2) is 35.4 Å². The fraction of sp³-hybridized carbons (Fsp3) is 0.833. The Balaban J connectivity index is 2.56. The van der Waals surface area contributed by atoms with Crippen LogP contribution in [0, 0.1) is 5.92 Å². The third-order valence-electron chi connectivity index (χ3n) is 2.92. The van der Waals surface area contributed by atoms with Crippen molar-refractivity contribution in [2.75, 3.05) is 6.61 Å². The topological polar surface area (TPSA) is 72.8 Å². The molecule has 1 aliphatic rings. The lowest BCUT2D eigenvalue weighted by atomic mass is 9.99. The van der Waals surface area contributed by atoms with E-state index in [1.807, 2.05) is 13.8 Å². The number of hydrogen-bond acceptors (Lipinski definition) is 4. The molecule has 1 rings (SSSR count). The molecule has 2 atom stereocenters. The van der Waals surface area contributed by atoms with Crippen LogP contribution in [0.1, 0.15) is 40.0 Å². The molecule has 1 fully saturated rings. The van der Waals surface area contributed by atoms with Gasteiger partial charge in [-0.15, -0.1) is 0 Å². The van der Waals surface area contributed by atoms with E-state index in [9.17, 15) is 9.59 Å². The first kappa shape index (κ1) is 14.0. The lowest BCUT2D eigenvalue weighted by Crippen LogP contribution is -2.30. The van der Waals surface area contributed by atoms with Gasteiger partial charge in [-0.2, -0.15) is 0 Å². The summed E-state index contributed by atoms with van der Waals surface area (Å²) in [6.45, 7) is 5.78. The number of hydrogen-bond donors (Lipinski definition) is 1. The van der Waals surface area contributed by atoms with Gasteiger partial charge in [-0.25, -0.2) is 0 Å². The molecular weight excluding hydrogens is 224 g/mol. The Morgan fingerprint density at radius 2 is 2.18 bits per heavy atom. The lowest BCUT2D eigenvalue weighted by Gasteiger charge is -2.20. The van der Waals surface area contributed by atoms with Crippen molar-refractivity contribution in [3.63, 3.8) is 0 Å². The number of carboxylic acid groups (broad SMARTS) is 1. The number of carbonyl (C=O) groups is 2. The van der Waals surface area contributed by atoms with E-state index in [1.54, 1.807) is 6.92 Å². The summed E-state index contributed by atoms with van der Waals surface area (Å²) >= 11 is 0. The molecule has 1 aliphatic heterocycles. The third kappa shape index (κ3) is 4.00. The Labute approximate surface area is 101 Å². The molecule has 1 heterocycles. The highest BCUT2D eigenvalue weighted by Crippen LogP contribution is 2.32. The summed E-state index contributed by atoms with van der Waals surface area (Å²) < 4.78 is 10.4. The highest BCUT2D eigenvalue weighted by Gasteiger charge is 2.37. The van der Waals surface area contributed by atoms with Crippen molar-refractivity contribution in [1.82, 2.24) is 0 Å². The van der Waals surface area contributed by atoms with Gasteiger partial charge in [0.25, 0.3) is 0 Å². The van der Waals surface area contributed by atoms with E-state index in [1.165, 1.54) is 0 Å². The second-order valence-electron chi connectivity index (χ2n) is 4.92. The Bertz CT molecular complexity index is 297. The summed E-state index contributed by atoms with van der Waals surface area (Å²) in [5, 5.41) is 9.00. The van der Waals surface area contributed by atoms with Crippen molar-refractivity contribution < 1.29 is 24.2 Å². The summed E-state index contributed by atoms with van der Waals surface area (Å²) in [6.07, 6.45) is 1.69. The van der Waals surface area contributed by atoms with Crippen molar-refractivity contribution in [2.45, 2.75) is 51.7 Å². The van der Waals surface area contributed by atoms with Gasteiger partial charge in [0.2, 0.25) is 0 Å². The molecule has 0 aromatic heterocycles. The molecule has 0 radical (unpaired) electrons. The molecule has 2 unspecified atom stereocenters. The van der Waals surface area contributed by atoms with E-state index in [4.69, 9.17) is 14.6 Å². The number of rotatable bonds is 5. The number of carbonyl (C=O) groups excluding carboxylic acids is 1. The first-order valence-corrected chi connectivity index (χ1v) is 5.93. The molecule has 0 amide bonds. The van der Waals surface area contributed by atoms with E-state index < -0.39 is 17.9 Å². The van der Waals surface area contributed by atoms with Crippen molar-refractivity contribution in [2.24, 2.45) is 5.92 Å². The highest BCUT2D eigenvalue weighted by molar-refractivity contribution is 5.93. The van der Waals surface area contributed by atoms with E-state index in [0.717, 1.165) is 12.8 Å². The zero-order chi connectivity index (χ0) is 13.1. The highest BCUT2D eigenvalue weighted by atomic mass is 16.5. The van der Waals surface area contributed by atoms with Gasteiger partial charge in [0, 0.05) is 0 Å². The fourth-order valence-corrected chi connectivity index (χ4v) is 2.05. The molecule has 0 bridgehead atoms. The predicted octanol–water partition coefficient (Wildman–Crippen LogP) is 1.60. The molecule has 17 heavy (non-hydrogen) atoms. The van der Waals surface area contributed by atoms with Gasteiger partial charge in [-0.05, 0) is 40.0 Å². The molecule has 5 heteroatoms. The van der Waals surface area contributed by atoms with Gasteiger partial charge in [-0.3, -0.25) is 9.59 Å². The second kappa shape index (κ2) is 5.49. The van der Waals surface area contributed by atoms with Gasteiger partial charge < -0.3 is 14.6 Å². The largest absolute Gasteiger partial charge is 0.481 e. The van der Waals surface area contributed by atoms with Crippen LogP contribution < -0.4 is 0 Å². The molecule has 98 valence electrons. The Morgan fingerprint density at radius 3 is 2.59 bits per heavy atom. The van der Waals surface area contributed by atoms with Gasteiger partial charge >= 0.3 is 11.9 Å². The van der Waals surface area contributed by atoms with Crippen LogP contribution >= 0.6 is 0 Å².